The molecule has 32 heavy (non-hydrogen) atoms. The molecule has 0 unspecified atom stereocenters. The summed E-state index contributed by atoms with van der Waals surface area (Å²) in [4.78, 5) is 27.7. The summed E-state index contributed by atoms with van der Waals surface area (Å²) in [5.41, 5.74) is 0.314. The van der Waals surface area contributed by atoms with Gasteiger partial charge in [0.05, 0.1) is 30.5 Å². The fourth-order valence-corrected chi connectivity index (χ4v) is 3.74. The molecule has 0 saturated carbocycles. The van der Waals surface area contributed by atoms with E-state index in [2.05, 4.69) is 10.1 Å². The van der Waals surface area contributed by atoms with Crippen molar-refractivity contribution in [2.24, 2.45) is 7.05 Å². The number of aromatic nitrogens is 3. The summed E-state index contributed by atoms with van der Waals surface area (Å²) in [6.45, 7) is 1.89. The van der Waals surface area contributed by atoms with Crippen molar-refractivity contribution in [3.05, 3.63) is 42.4 Å². The van der Waals surface area contributed by atoms with Crippen molar-refractivity contribution >= 4 is 11.9 Å². The first-order valence-electron chi connectivity index (χ1n) is 9.88. The third-order valence-electron chi connectivity index (χ3n) is 5.12. The summed E-state index contributed by atoms with van der Waals surface area (Å²) in [6, 6.07) is 5.62. The van der Waals surface area contributed by atoms with Crippen LogP contribution >= 0.6 is 0 Å². The van der Waals surface area contributed by atoms with Gasteiger partial charge in [0.1, 0.15) is 6.10 Å². The van der Waals surface area contributed by atoms with E-state index in [9.17, 15) is 18.0 Å². The van der Waals surface area contributed by atoms with Crippen LogP contribution in [0.15, 0.2) is 36.8 Å². The second kappa shape index (κ2) is 9.55. The maximum Gasteiger partial charge on any atom is 0.490 e. The topological polar surface area (TPSA) is 107 Å². The van der Waals surface area contributed by atoms with E-state index < -0.39 is 12.1 Å². The molecule has 2 fully saturated rings. The van der Waals surface area contributed by atoms with Gasteiger partial charge in [-0.3, -0.25) is 9.48 Å². The number of rotatable bonds is 3. The van der Waals surface area contributed by atoms with E-state index in [0.717, 1.165) is 25.8 Å². The number of alkyl halides is 3. The van der Waals surface area contributed by atoms with Gasteiger partial charge in [-0.15, -0.1) is 0 Å². The van der Waals surface area contributed by atoms with Crippen molar-refractivity contribution in [3.8, 4) is 5.88 Å². The lowest BCUT2D eigenvalue weighted by atomic mass is 9.89. The fourth-order valence-electron chi connectivity index (χ4n) is 3.74. The molecule has 1 spiro atoms. The molecule has 1 N–H and O–H groups in total. The van der Waals surface area contributed by atoms with Gasteiger partial charge in [-0.25, -0.2) is 9.78 Å². The maximum atomic E-state index is 12.7. The Labute approximate surface area is 181 Å². The summed E-state index contributed by atoms with van der Waals surface area (Å²) < 4.78 is 45.4. The zero-order valence-corrected chi connectivity index (χ0v) is 17.3. The number of aliphatic carboxylic acids is 1. The number of halogens is 3. The molecule has 0 aromatic carbocycles. The molecule has 174 valence electrons. The Balaban J connectivity index is 0.000000360. The van der Waals surface area contributed by atoms with Crippen LogP contribution in [-0.4, -0.2) is 74.2 Å². The molecule has 4 heterocycles. The van der Waals surface area contributed by atoms with Gasteiger partial charge in [0.15, 0.2) is 0 Å². The van der Waals surface area contributed by atoms with E-state index in [1.54, 1.807) is 23.3 Å². The van der Waals surface area contributed by atoms with Crippen LogP contribution in [-0.2, 0) is 16.6 Å². The van der Waals surface area contributed by atoms with Gasteiger partial charge in [-0.2, -0.15) is 18.3 Å². The Morgan fingerprint density at radius 2 is 2.09 bits per heavy atom. The van der Waals surface area contributed by atoms with E-state index in [0.29, 0.717) is 24.6 Å². The van der Waals surface area contributed by atoms with E-state index >= 15 is 0 Å². The zero-order chi connectivity index (χ0) is 23.4. The molecule has 0 aliphatic carbocycles. The normalized spacial score (nSPS) is 22.9. The Hall–Kier alpha value is -3.15. The lowest BCUT2D eigenvalue weighted by molar-refractivity contribution is -0.192. The lowest BCUT2D eigenvalue weighted by Crippen LogP contribution is -2.50. The van der Waals surface area contributed by atoms with E-state index in [1.807, 2.05) is 30.1 Å². The van der Waals surface area contributed by atoms with E-state index in [4.69, 9.17) is 19.4 Å². The van der Waals surface area contributed by atoms with Crippen LogP contribution in [0.4, 0.5) is 13.2 Å². The summed E-state index contributed by atoms with van der Waals surface area (Å²) in [5, 5.41) is 11.2. The van der Waals surface area contributed by atoms with Gasteiger partial charge >= 0.3 is 12.1 Å². The second-order valence-electron chi connectivity index (χ2n) is 7.64. The van der Waals surface area contributed by atoms with Crippen LogP contribution in [0.5, 0.6) is 5.88 Å². The molecule has 2 atom stereocenters. The van der Waals surface area contributed by atoms with Crippen LogP contribution in [0.1, 0.15) is 29.6 Å². The monoisotopic (exact) mass is 456 g/mol. The van der Waals surface area contributed by atoms with Gasteiger partial charge < -0.3 is 19.5 Å². The lowest BCUT2D eigenvalue weighted by Gasteiger charge is -2.39. The van der Waals surface area contributed by atoms with Crippen LogP contribution in [0, 0.1) is 0 Å². The number of hydrogen-bond donors (Lipinski definition) is 1. The second-order valence-corrected chi connectivity index (χ2v) is 7.64. The Morgan fingerprint density at radius 3 is 2.69 bits per heavy atom. The molecule has 2 aromatic heterocycles. The number of carboxylic acids is 1. The molecule has 2 saturated heterocycles. The number of aryl methyl sites for hydroxylation is 1. The number of pyridine rings is 1. The van der Waals surface area contributed by atoms with Crippen molar-refractivity contribution in [1.82, 2.24) is 19.7 Å². The number of carbonyl (C=O) groups excluding carboxylic acids is 1. The number of hydrogen-bond acceptors (Lipinski definition) is 6. The number of amides is 1. The van der Waals surface area contributed by atoms with E-state index in [-0.39, 0.29) is 17.6 Å². The third kappa shape index (κ3) is 5.96. The summed E-state index contributed by atoms with van der Waals surface area (Å²) in [6.07, 6.45) is 2.64. The number of nitrogens with zero attached hydrogens (tertiary/aromatic N) is 4. The molecular formula is C20H23F3N4O5. The fraction of sp³-hybridized carbons (Fsp3) is 0.500. The molecule has 0 bridgehead atoms. The number of carbonyl (C=O) groups is 2. The summed E-state index contributed by atoms with van der Waals surface area (Å²) in [7, 11) is 1.81. The summed E-state index contributed by atoms with van der Waals surface area (Å²) >= 11 is 0. The predicted molar refractivity (Wildman–Crippen MR) is 104 cm³/mol. The molecule has 2 aliphatic heterocycles. The highest BCUT2D eigenvalue weighted by atomic mass is 19.4. The molecule has 1 amide bonds. The standard InChI is InChI=1S/C18H22N4O3.C2HF3O2/c1-21-11-14(10-20-21)17(23)22-8-4-6-18(13-22)9-15(12-24-18)25-16-5-2-3-7-19-16;3-2(4,5)1(6)7/h2-3,5,7,10-11,15H,4,6,8-9,12-13H2,1H3;(H,6,7)/t15-,18+;/m1./s1. The molecule has 2 aliphatic rings. The minimum Gasteiger partial charge on any atom is -0.475 e. The highest BCUT2D eigenvalue weighted by Gasteiger charge is 2.45. The molecular weight excluding hydrogens is 433 g/mol. The molecule has 4 rings (SSSR count). The van der Waals surface area contributed by atoms with Crippen molar-refractivity contribution in [2.75, 3.05) is 19.7 Å². The van der Waals surface area contributed by atoms with Crippen LogP contribution < -0.4 is 4.74 Å². The first-order valence-corrected chi connectivity index (χ1v) is 9.88. The maximum absolute atomic E-state index is 12.7. The molecule has 12 heteroatoms. The average molecular weight is 456 g/mol. The van der Waals surface area contributed by atoms with Gasteiger partial charge in [-0.05, 0) is 18.9 Å². The third-order valence-corrected chi connectivity index (χ3v) is 5.12. The van der Waals surface area contributed by atoms with Gasteiger partial charge in [-0.1, -0.05) is 6.07 Å². The molecule has 0 radical (unpaired) electrons. The SMILES string of the molecule is Cn1cc(C(=O)N2CCC[C@]3(C[C@@H](Oc4ccccn4)CO3)C2)cn1.O=C(O)C(F)(F)F. The Kier molecular flexibility index (Phi) is 7.02. The minimum atomic E-state index is -5.08. The Bertz CT molecular complexity index is 937. The first kappa shape index (κ1) is 23.5. The number of likely N-dealkylation sites (tertiary alicyclic amines) is 1. The van der Waals surface area contributed by atoms with Crippen LogP contribution in [0.3, 0.4) is 0 Å². The summed E-state index contributed by atoms with van der Waals surface area (Å²) in [5.74, 6) is -2.12. The molecule has 9 nitrogen and oxygen atoms in total. The van der Waals surface area contributed by atoms with Gasteiger partial charge in [0, 0.05) is 38.5 Å². The quantitative estimate of drug-likeness (QED) is 0.755. The number of piperidine rings is 1. The number of ether oxygens (including phenoxy) is 2. The van der Waals surface area contributed by atoms with E-state index in [1.165, 1.54) is 0 Å². The molecule has 2 aromatic rings. The van der Waals surface area contributed by atoms with Crippen molar-refractivity contribution < 1.29 is 37.3 Å². The van der Waals surface area contributed by atoms with Crippen LogP contribution in [0.25, 0.3) is 0 Å². The Morgan fingerprint density at radius 1 is 1.34 bits per heavy atom. The zero-order valence-electron chi connectivity index (χ0n) is 17.3. The van der Waals surface area contributed by atoms with Crippen molar-refractivity contribution in [1.29, 1.82) is 0 Å². The minimum absolute atomic E-state index is 0.0184. The van der Waals surface area contributed by atoms with Crippen molar-refractivity contribution in [2.45, 2.75) is 37.1 Å². The highest BCUT2D eigenvalue weighted by Crippen LogP contribution is 2.36. The first-order chi connectivity index (χ1) is 15.1. The smallest absolute Gasteiger partial charge is 0.475 e. The largest absolute Gasteiger partial charge is 0.490 e. The number of carboxylic acid groups (broad SMARTS) is 1. The van der Waals surface area contributed by atoms with Gasteiger partial charge in [0.2, 0.25) is 5.88 Å². The predicted octanol–water partition coefficient (Wildman–Crippen LogP) is 2.29. The van der Waals surface area contributed by atoms with Crippen LogP contribution in [0.2, 0.25) is 0 Å². The van der Waals surface area contributed by atoms with Gasteiger partial charge in [0.25, 0.3) is 5.91 Å². The van der Waals surface area contributed by atoms with Crippen molar-refractivity contribution in [3.63, 3.8) is 0 Å². The average Bonchev–Trinajstić information content (AvgIpc) is 3.34. The highest BCUT2D eigenvalue weighted by molar-refractivity contribution is 5.93.